The van der Waals surface area contributed by atoms with Crippen LogP contribution < -0.4 is 5.32 Å². The number of aromatic nitrogens is 1. The molecular formula is C12H12N2O2. The third kappa shape index (κ3) is 2.11. The summed E-state index contributed by atoms with van der Waals surface area (Å²) in [6.07, 6.45) is 0. The number of fused-ring (bicyclic) bond motifs is 1. The van der Waals surface area contributed by atoms with Crippen LogP contribution in [-0.4, -0.2) is 22.1 Å². The molecule has 0 aliphatic heterocycles. The maximum atomic E-state index is 10.7. The molecule has 0 saturated carbocycles. The van der Waals surface area contributed by atoms with E-state index in [-0.39, 0.29) is 0 Å². The fourth-order valence-electron chi connectivity index (χ4n) is 1.43. The van der Waals surface area contributed by atoms with E-state index in [1.165, 1.54) is 0 Å². The van der Waals surface area contributed by atoms with Crippen LogP contribution in [0.3, 0.4) is 0 Å². The van der Waals surface area contributed by atoms with Crippen LogP contribution in [0.25, 0.3) is 10.9 Å². The number of carboxylic acid groups (broad SMARTS) is 1. The number of hydrogen-bond donors (Lipinski definition) is 2. The molecule has 1 heterocycles. The van der Waals surface area contributed by atoms with Crippen molar-refractivity contribution >= 4 is 22.7 Å². The van der Waals surface area contributed by atoms with E-state index in [1.807, 2.05) is 30.3 Å². The van der Waals surface area contributed by atoms with Gasteiger partial charge < -0.3 is 10.4 Å². The number of benzene rings is 1. The van der Waals surface area contributed by atoms with Gasteiger partial charge in [-0.2, -0.15) is 0 Å². The molecule has 2 rings (SSSR count). The van der Waals surface area contributed by atoms with E-state index in [2.05, 4.69) is 10.3 Å². The van der Waals surface area contributed by atoms with Gasteiger partial charge in [-0.15, -0.1) is 0 Å². The molecule has 0 radical (unpaired) electrons. The zero-order valence-corrected chi connectivity index (χ0v) is 8.84. The van der Waals surface area contributed by atoms with Gasteiger partial charge in [0.1, 0.15) is 11.9 Å². The molecule has 0 spiro atoms. The Morgan fingerprint density at radius 3 is 2.81 bits per heavy atom. The first-order valence-electron chi connectivity index (χ1n) is 5.02. The van der Waals surface area contributed by atoms with E-state index in [0.29, 0.717) is 5.82 Å². The minimum Gasteiger partial charge on any atom is -0.480 e. The largest absolute Gasteiger partial charge is 0.480 e. The molecule has 4 heteroatoms. The number of pyridine rings is 1. The fourth-order valence-corrected chi connectivity index (χ4v) is 1.43. The lowest BCUT2D eigenvalue weighted by atomic mass is 10.2. The van der Waals surface area contributed by atoms with Crippen LogP contribution in [0.15, 0.2) is 36.4 Å². The standard InChI is InChI=1S/C12H12N2O2/c1-8(12(15)16)13-11-7-6-9-4-2-3-5-10(9)14-11/h2-8H,1H3,(H,13,14)(H,15,16)/t8-/m0/s1. The highest BCUT2D eigenvalue weighted by Crippen LogP contribution is 2.14. The number of para-hydroxylation sites is 1. The summed E-state index contributed by atoms with van der Waals surface area (Å²) >= 11 is 0. The fraction of sp³-hybridized carbons (Fsp3) is 0.167. The topological polar surface area (TPSA) is 62.2 Å². The second-order valence-corrected chi connectivity index (χ2v) is 3.59. The average molecular weight is 216 g/mol. The van der Waals surface area contributed by atoms with Gasteiger partial charge >= 0.3 is 5.97 Å². The molecule has 0 saturated heterocycles. The molecule has 1 aromatic carbocycles. The van der Waals surface area contributed by atoms with Gasteiger partial charge in [0.15, 0.2) is 0 Å². The molecule has 0 aliphatic rings. The van der Waals surface area contributed by atoms with E-state index in [1.54, 1.807) is 13.0 Å². The smallest absolute Gasteiger partial charge is 0.325 e. The van der Waals surface area contributed by atoms with Crippen molar-refractivity contribution in [2.75, 3.05) is 5.32 Å². The summed E-state index contributed by atoms with van der Waals surface area (Å²) in [6, 6.07) is 10.8. The molecule has 2 aromatic rings. The lowest BCUT2D eigenvalue weighted by Crippen LogP contribution is -2.25. The molecule has 0 unspecified atom stereocenters. The maximum Gasteiger partial charge on any atom is 0.325 e. The highest BCUT2D eigenvalue weighted by molar-refractivity contribution is 5.81. The molecule has 0 fully saturated rings. The summed E-state index contributed by atoms with van der Waals surface area (Å²) in [5.41, 5.74) is 0.852. The second kappa shape index (κ2) is 4.18. The highest BCUT2D eigenvalue weighted by atomic mass is 16.4. The number of nitrogens with one attached hydrogen (secondary N) is 1. The zero-order chi connectivity index (χ0) is 11.5. The first-order chi connectivity index (χ1) is 7.66. The predicted octanol–water partition coefficient (Wildman–Crippen LogP) is 2.12. The van der Waals surface area contributed by atoms with Crippen molar-refractivity contribution < 1.29 is 9.90 Å². The number of anilines is 1. The predicted molar refractivity (Wildman–Crippen MR) is 62.5 cm³/mol. The first kappa shape index (κ1) is 10.4. The van der Waals surface area contributed by atoms with Crippen molar-refractivity contribution in [3.63, 3.8) is 0 Å². The summed E-state index contributed by atoms with van der Waals surface area (Å²) < 4.78 is 0. The zero-order valence-electron chi connectivity index (χ0n) is 8.84. The van der Waals surface area contributed by atoms with Crippen LogP contribution in [0.4, 0.5) is 5.82 Å². The minimum atomic E-state index is -0.894. The number of nitrogens with zero attached hydrogens (tertiary/aromatic N) is 1. The Morgan fingerprint density at radius 1 is 1.31 bits per heavy atom. The number of carbonyl (C=O) groups is 1. The van der Waals surface area contributed by atoms with Crippen LogP contribution >= 0.6 is 0 Å². The van der Waals surface area contributed by atoms with E-state index >= 15 is 0 Å². The maximum absolute atomic E-state index is 10.7. The molecule has 0 amide bonds. The lowest BCUT2D eigenvalue weighted by molar-refractivity contribution is -0.137. The van der Waals surface area contributed by atoms with Gasteiger partial charge in [-0.3, -0.25) is 4.79 Å². The summed E-state index contributed by atoms with van der Waals surface area (Å²) in [4.78, 5) is 15.0. The van der Waals surface area contributed by atoms with Crippen LogP contribution in [0.1, 0.15) is 6.92 Å². The van der Waals surface area contributed by atoms with E-state index in [0.717, 1.165) is 10.9 Å². The van der Waals surface area contributed by atoms with Gasteiger partial charge in [0.05, 0.1) is 5.52 Å². The quantitative estimate of drug-likeness (QED) is 0.824. The third-order valence-electron chi connectivity index (χ3n) is 2.33. The van der Waals surface area contributed by atoms with E-state index in [9.17, 15) is 4.79 Å². The SMILES string of the molecule is C[C@H](Nc1ccc2ccccc2n1)C(=O)O. The molecule has 0 aliphatic carbocycles. The molecule has 16 heavy (non-hydrogen) atoms. The van der Waals surface area contributed by atoms with E-state index < -0.39 is 12.0 Å². The van der Waals surface area contributed by atoms with Crippen LogP contribution in [0, 0.1) is 0 Å². The summed E-state index contributed by atoms with van der Waals surface area (Å²) in [5, 5.41) is 12.6. The molecule has 1 aromatic heterocycles. The Bertz CT molecular complexity index is 525. The number of rotatable bonds is 3. The molecule has 0 bridgehead atoms. The Hall–Kier alpha value is -2.10. The van der Waals surface area contributed by atoms with Crippen molar-refractivity contribution in [1.29, 1.82) is 0 Å². The first-order valence-corrected chi connectivity index (χ1v) is 5.02. The van der Waals surface area contributed by atoms with Crippen molar-refractivity contribution in [3.8, 4) is 0 Å². The summed E-state index contributed by atoms with van der Waals surface area (Å²) in [6.45, 7) is 1.58. The third-order valence-corrected chi connectivity index (χ3v) is 2.33. The van der Waals surface area contributed by atoms with Crippen molar-refractivity contribution in [3.05, 3.63) is 36.4 Å². The Kier molecular flexibility index (Phi) is 2.72. The monoisotopic (exact) mass is 216 g/mol. The van der Waals surface area contributed by atoms with Crippen LogP contribution in [-0.2, 0) is 4.79 Å². The average Bonchev–Trinajstić information content (AvgIpc) is 2.28. The number of aliphatic carboxylic acids is 1. The van der Waals surface area contributed by atoms with Crippen molar-refractivity contribution in [2.24, 2.45) is 0 Å². The van der Waals surface area contributed by atoms with Gasteiger partial charge in [-0.25, -0.2) is 4.98 Å². The molecule has 82 valence electrons. The molecular weight excluding hydrogens is 204 g/mol. The van der Waals surface area contributed by atoms with Crippen LogP contribution in [0.2, 0.25) is 0 Å². The Morgan fingerprint density at radius 2 is 2.06 bits per heavy atom. The minimum absolute atomic E-state index is 0.577. The molecule has 1 atom stereocenters. The van der Waals surface area contributed by atoms with Gasteiger partial charge in [0.2, 0.25) is 0 Å². The lowest BCUT2D eigenvalue weighted by Gasteiger charge is -2.10. The number of hydrogen-bond acceptors (Lipinski definition) is 3. The molecule has 2 N–H and O–H groups in total. The summed E-state index contributed by atoms with van der Waals surface area (Å²) in [5.74, 6) is -0.316. The van der Waals surface area contributed by atoms with Gasteiger partial charge in [0.25, 0.3) is 0 Å². The summed E-state index contributed by atoms with van der Waals surface area (Å²) in [7, 11) is 0. The van der Waals surface area contributed by atoms with Crippen LogP contribution in [0.5, 0.6) is 0 Å². The Labute approximate surface area is 92.9 Å². The second-order valence-electron chi connectivity index (χ2n) is 3.59. The van der Waals surface area contributed by atoms with Crippen molar-refractivity contribution in [1.82, 2.24) is 4.98 Å². The van der Waals surface area contributed by atoms with Gasteiger partial charge in [-0.05, 0) is 25.1 Å². The highest BCUT2D eigenvalue weighted by Gasteiger charge is 2.10. The van der Waals surface area contributed by atoms with Gasteiger partial charge in [0, 0.05) is 5.39 Å². The normalized spacial score (nSPS) is 12.3. The van der Waals surface area contributed by atoms with Crippen molar-refractivity contribution in [2.45, 2.75) is 13.0 Å². The Balaban J connectivity index is 2.29. The van der Waals surface area contributed by atoms with E-state index in [4.69, 9.17) is 5.11 Å². The number of carboxylic acids is 1. The van der Waals surface area contributed by atoms with Gasteiger partial charge in [-0.1, -0.05) is 18.2 Å². The molecule has 4 nitrogen and oxygen atoms in total.